The summed E-state index contributed by atoms with van der Waals surface area (Å²) in [6.07, 6.45) is 2.48. The van der Waals surface area contributed by atoms with E-state index in [0.717, 1.165) is 35.0 Å². The lowest BCUT2D eigenvalue weighted by Gasteiger charge is -2.10. The fourth-order valence-corrected chi connectivity index (χ4v) is 1.87. The normalized spacial score (nSPS) is 10.2. The van der Waals surface area contributed by atoms with Crippen molar-refractivity contribution in [3.05, 3.63) is 41.9 Å². The maximum atomic E-state index is 5.29. The van der Waals surface area contributed by atoms with Gasteiger partial charge in [0.25, 0.3) is 0 Å². The monoisotopic (exact) mass is 273 g/mol. The van der Waals surface area contributed by atoms with E-state index in [1.807, 2.05) is 24.3 Å². The smallest absolute Gasteiger partial charge is 0.161 e. The van der Waals surface area contributed by atoms with Crippen molar-refractivity contribution in [3.8, 4) is 11.5 Å². The van der Waals surface area contributed by atoms with Gasteiger partial charge in [0.2, 0.25) is 0 Å². The number of hydrogen-bond acceptors (Lipinski definition) is 5. The SMILES string of the molecule is CCc1cc(NCc2ccc(OC)c(OC)c2)ncn1. The van der Waals surface area contributed by atoms with Gasteiger partial charge in [0.1, 0.15) is 12.1 Å². The fourth-order valence-electron chi connectivity index (χ4n) is 1.87. The van der Waals surface area contributed by atoms with Gasteiger partial charge in [0, 0.05) is 18.3 Å². The predicted octanol–water partition coefficient (Wildman–Crippen LogP) is 2.67. The standard InChI is InChI=1S/C15H19N3O2/c1-4-12-8-15(18-10-17-12)16-9-11-5-6-13(19-2)14(7-11)20-3/h5-8,10H,4,9H2,1-3H3,(H,16,17,18). The van der Waals surface area contributed by atoms with E-state index >= 15 is 0 Å². The second-order valence-corrected chi connectivity index (χ2v) is 4.29. The van der Waals surface area contributed by atoms with E-state index in [9.17, 15) is 0 Å². The molecule has 0 saturated carbocycles. The van der Waals surface area contributed by atoms with Crippen molar-refractivity contribution in [2.75, 3.05) is 19.5 Å². The number of anilines is 1. The first-order valence-electron chi connectivity index (χ1n) is 6.52. The van der Waals surface area contributed by atoms with E-state index in [4.69, 9.17) is 9.47 Å². The van der Waals surface area contributed by atoms with Crippen molar-refractivity contribution >= 4 is 5.82 Å². The van der Waals surface area contributed by atoms with Crippen LogP contribution in [0, 0.1) is 0 Å². The highest BCUT2D eigenvalue weighted by Crippen LogP contribution is 2.27. The first-order valence-corrected chi connectivity index (χ1v) is 6.52. The van der Waals surface area contributed by atoms with Gasteiger partial charge < -0.3 is 14.8 Å². The third kappa shape index (κ3) is 3.38. The van der Waals surface area contributed by atoms with Crippen molar-refractivity contribution in [2.24, 2.45) is 0 Å². The summed E-state index contributed by atoms with van der Waals surface area (Å²) in [6, 6.07) is 7.80. The van der Waals surface area contributed by atoms with Gasteiger partial charge in [-0.25, -0.2) is 9.97 Å². The van der Waals surface area contributed by atoms with Gasteiger partial charge in [-0.1, -0.05) is 13.0 Å². The lowest BCUT2D eigenvalue weighted by atomic mass is 10.2. The summed E-state index contributed by atoms with van der Waals surface area (Å²) in [4.78, 5) is 8.38. The third-order valence-electron chi connectivity index (χ3n) is 3.01. The molecule has 0 aliphatic carbocycles. The van der Waals surface area contributed by atoms with E-state index in [2.05, 4.69) is 22.2 Å². The maximum Gasteiger partial charge on any atom is 0.161 e. The molecule has 2 rings (SSSR count). The molecule has 0 aliphatic rings. The van der Waals surface area contributed by atoms with Crippen molar-refractivity contribution in [3.63, 3.8) is 0 Å². The molecular weight excluding hydrogens is 254 g/mol. The van der Waals surface area contributed by atoms with Gasteiger partial charge in [-0.2, -0.15) is 0 Å². The molecule has 0 unspecified atom stereocenters. The molecule has 106 valence electrons. The second kappa shape index (κ2) is 6.75. The molecule has 5 heteroatoms. The average molecular weight is 273 g/mol. The first kappa shape index (κ1) is 14.1. The van der Waals surface area contributed by atoms with Crippen LogP contribution in [-0.4, -0.2) is 24.2 Å². The molecule has 0 saturated heterocycles. The van der Waals surface area contributed by atoms with Crippen LogP contribution in [-0.2, 0) is 13.0 Å². The molecule has 5 nitrogen and oxygen atoms in total. The van der Waals surface area contributed by atoms with E-state index < -0.39 is 0 Å². The summed E-state index contributed by atoms with van der Waals surface area (Å²) in [5.74, 6) is 2.28. The predicted molar refractivity (Wildman–Crippen MR) is 78.3 cm³/mol. The van der Waals surface area contributed by atoms with Gasteiger partial charge in [-0.05, 0) is 24.1 Å². The van der Waals surface area contributed by atoms with Crippen molar-refractivity contribution < 1.29 is 9.47 Å². The highest BCUT2D eigenvalue weighted by molar-refractivity contribution is 5.44. The molecule has 0 fully saturated rings. The van der Waals surface area contributed by atoms with Crippen LogP contribution >= 0.6 is 0 Å². The van der Waals surface area contributed by atoms with Crippen LogP contribution in [0.15, 0.2) is 30.6 Å². The van der Waals surface area contributed by atoms with Crippen molar-refractivity contribution in [1.82, 2.24) is 9.97 Å². The lowest BCUT2D eigenvalue weighted by Crippen LogP contribution is -2.03. The Morgan fingerprint density at radius 2 is 1.85 bits per heavy atom. The summed E-state index contributed by atoms with van der Waals surface area (Å²) in [5, 5.41) is 3.28. The van der Waals surface area contributed by atoms with Gasteiger partial charge in [-0.3, -0.25) is 0 Å². The molecule has 0 radical (unpaired) electrons. The van der Waals surface area contributed by atoms with Crippen LogP contribution in [0.4, 0.5) is 5.82 Å². The van der Waals surface area contributed by atoms with E-state index in [0.29, 0.717) is 6.54 Å². The number of aromatic nitrogens is 2. The summed E-state index contributed by atoms with van der Waals surface area (Å²) in [6.45, 7) is 2.74. The summed E-state index contributed by atoms with van der Waals surface area (Å²) < 4.78 is 10.5. The molecule has 0 bridgehead atoms. The molecule has 0 atom stereocenters. The Labute approximate surface area is 119 Å². The van der Waals surface area contributed by atoms with E-state index in [1.165, 1.54) is 0 Å². The van der Waals surface area contributed by atoms with Crippen LogP contribution < -0.4 is 14.8 Å². The number of ether oxygens (including phenoxy) is 2. The fraction of sp³-hybridized carbons (Fsp3) is 0.333. The van der Waals surface area contributed by atoms with Crippen molar-refractivity contribution in [1.29, 1.82) is 0 Å². The number of aryl methyl sites for hydroxylation is 1. The molecule has 1 N–H and O–H groups in total. The Kier molecular flexibility index (Phi) is 4.76. The average Bonchev–Trinajstić information content (AvgIpc) is 2.52. The molecule has 20 heavy (non-hydrogen) atoms. The maximum absolute atomic E-state index is 5.29. The number of rotatable bonds is 6. The second-order valence-electron chi connectivity index (χ2n) is 4.29. The summed E-state index contributed by atoms with van der Waals surface area (Å²) in [5.41, 5.74) is 2.12. The first-order chi connectivity index (χ1) is 9.76. The highest BCUT2D eigenvalue weighted by Gasteiger charge is 2.04. The number of nitrogens with one attached hydrogen (secondary N) is 1. The minimum absolute atomic E-state index is 0.667. The van der Waals surface area contributed by atoms with Crippen LogP contribution in [0.5, 0.6) is 11.5 Å². The van der Waals surface area contributed by atoms with Crippen LogP contribution in [0.2, 0.25) is 0 Å². The number of nitrogens with zero attached hydrogens (tertiary/aromatic N) is 2. The minimum Gasteiger partial charge on any atom is -0.493 e. The molecule has 2 aromatic rings. The van der Waals surface area contributed by atoms with E-state index in [1.54, 1.807) is 20.5 Å². The zero-order valence-corrected chi connectivity index (χ0v) is 12.0. The Morgan fingerprint density at radius 1 is 1.05 bits per heavy atom. The van der Waals surface area contributed by atoms with Crippen LogP contribution in [0.25, 0.3) is 0 Å². The summed E-state index contributed by atoms with van der Waals surface area (Å²) >= 11 is 0. The zero-order chi connectivity index (χ0) is 14.4. The van der Waals surface area contributed by atoms with Gasteiger partial charge in [-0.15, -0.1) is 0 Å². The number of hydrogen-bond donors (Lipinski definition) is 1. The van der Waals surface area contributed by atoms with Crippen LogP contribution in [0.3, 0.4) is 0 Å². The van der Waals surface area contributed by atoms with Gasteiger partial charge >= 0.3 is 0 Å². The quantitative estimate of drug-likeness (QED) is 0.877. The largest absolute Gasteiger partial charge is 0.493 e. The molecule has 0 spiro atoms. The molecule has 0 aliphatic heterocycles. The molecule has 1 aromatic heterocycles. The highest BCUT2D eigenvalue weighted by atomic mass is 16.5. The topological polar surface area (TPSA) is 56.3 Å². The van der Waals surface area contributed by atoms with E-state index in [-0.39, 0.29) is 0 Å². The minimum atomic E-state index is 0.667. The van der Waals surface area contributed by atoms with Gasteiger partial charge in [0.15, 0.2) is 11.5 Å². The molecular formula is C15H19N3O2. The zero-order valence-electron chi connectivity index (χ0n) is 12.0. The lowest BCUT2D eigenvalue weighted by molar-refractivity contribution is 0.354. The number of methoxy groups -OCH3 is 2. The number of benzene rings is 1. The molecule has 1 heterocycles. The Bertz CT molecular complexity index is 573. The summed E-state index contributed by atoms with van der Waals surface area (Å²) in [7, 11) is 3.26. The Balaban J connectivity index is 2.06. The molecule has 1 aromatic carbocycles. The van der Waals surface area contributed by atoms with Gasteiger partial charge in [0.05, 0.1) is 14.2 Å². The molecule has 0 amide bonds. The van der Waals surface area contributed by atoms with Crippen LogP contribution in [0.1, 0.15) is 18.2 Å². The Morgan fingerprint density at radius 3 is 2.55 bits per heavy atom. The third-order valence-corrected chi connectivity index (χ3v) is 3.01. The Hall–Kier alpha value is -2.30. The van der Waals surface area contributed by atoms with Crippen molar-refractivity contribution in [2.45, 2.75) is 19.9 Å².